The fourth-order valence-electron chi connectivity index (χ4n) is 2.26. The number of nitrogens with one attached hydrogen (secondary N) is 1. The van der Waals surface area contributed by atoms with Crippen LogP contribution in [0.5, 0.6) is 5.75 Å². The maximum atomic E-state index is 12.2. The maximum Gasteiger partial charge on any atom is 0.251 e. The zero-order chi connectivity index (χ0) is 15.9. The summed E-state index contributed by atoms with van der Waals surface area (Å²) in [7, 11) is 0. The van der Waals surface area contributed by atoms with E-state index in [-0.39, 0.29) is 24.8 Å². The summed E-state index contributed by atoms with van der Waals surface area (Å²) in [5, 5.41) is 11.3. The molecule has 1 atom stereocenters. The largest absolute Gasteiger partial charge is 0.494 e. The molecule has 1 N–H and O–H groups in total. The van der Waals surface area contributed by atoms with Crippen LogP contribution in [0.25, 0.3) is 0 Å². The van der Waals surface area contributed by atoms with Gasteiger partial charge in [0.05, 0.1) is 37.4 Å². The smallest absolute Gasteiger partial charge is 0.251 e. The molecular formula is C16H19N3O3. The van der Waals surface area contributed by atoms with Crippen LogP contribution in [0.2, 0.25) is 0 Å². The van der Waals surface area contributed by atoms with Crippen molar-refractivity contribution in [2.45, 2.75) is 32.2 Å². The van der Waals surface area contributed by atoms with Gasteiger partial charge in [0.1, 0.15) is 5.75 Å². The molecule has 0 radical (unpaired) electrons. The number of imide groups is 1. The normalized spacial score (nSPS) is 17.6. The molecule has 1 heterocycles. The summed E-state index contributed by atoms with van der Waals surface area (Å²) in [5.74, 6) is 0.135. The van der Waals surface area contributed by atoms with Crippen molar-refractivity contribution in [1.82, 2.24) is 5.32 Å². The molecule has 0 aliphatic carbocycles. The molecule has 1 aromatic rings. The minimum Gasteiger partial charge on any atom is -0.494 e. The molecule has 2 amide bonds. The van der Waals surface area contributed by atoms with Gasteiger partial charge in [-0.2, -0.15) is 5.26 Å². The SMILES string of the molecule is CCCCOc1ccc(N2C(=O)C[C@@H](NCC#N)C2=O)cc1. The molecule has 1 saturated heterocycles. The molecule has 116 valence electrons. The maximum absolute atomic E-state index is 12.2. The van der Waals surface area contributed by atoms with Gasteiger partial charge < -0.3 is 4.74 Å². The molecule has 1 fully saturated rings. The predicted molar refractivity (Wildman–Crippen MR) is 81.4 cm³/mol. The zero-order valence-corrected chi connectivity index (χ0v) is 12.5. The molecule has 0 unspecified atom stereocenters. The average Bonchev–Trinajstić information content (AvgIpc) is 2.80. The number of rotatable bonds is 7. The van der Waals surface area contributed by atoms with Crippen LogP contribution in [0.3, 0.4) is 0 Å². The fourth-order valence-corrected chi connectivity index (χ4v) is 2.26. The summed E-state index contributed by atoms with van der Waals surface area (Å²) >= 11 is 0. The van der Waals surface area contributed by atoms with Crippen molar-refractivity contribution >= 4 is 17.5 Å². The van der Waals surface area contributed by atoms with Crippen molar-refractivity contribution in [2.24, 2.45) is 0 Å². The van der Waals surface area contributed by atoms with Crippen LogP contribution in [-0.4, -0.2) is 31.0 Å². The summed E-state index contributed by atoms with van der Waals surface area (Å²) in [6.45, 7) is 2.78. The van der Waals surface area contributed by atoms with E-state index >= 15 is 0 Å². The van der Waals surface area contributed by atoms with E-state index in [1.54, 1.807) is 24.3 Å². The molecule has 6 nitrogen and oxygen atoms in total. The van der Waals surface area contributed by atoms with Gasteiger partial charge >= 0.3 is 0 Å². The van der Waals surface area contributed by atoms with E-state index in [0.29, 0.717) is 12.3 Å². The van der Waals surface area contributed by atoms with Crippen LogP contribution < -0.4 is 15.0 Å². The number of anilines is 1. The average molecular weight is 301 g/mol. The lowest BCUT2D eigenvalue weighted by atomic mass is 10.2. The first-order valence-electron chi connectivity index (χ1n) is 7.37. The number of carbonyl (C=O) groups excluding carboxylic acids is 2. The number of nitrogens with zero attached hydrogens (tertiary/aromatic N) is 2. The highest BCUT2D eigenvalue weighted by molar-refractivity contribution is 6.22. The van der Waals surface area contributed by atoms with Crippen molar-refractivity contribution in [2.75, 3.05) is 18.1 Å². The second kappa shape index (κ2) is 7.57. The number of unbranched alkanes of at least 4 members (excludes halogenated alkanes) is 1. The summed E-state index contributed by atoms with van der Waals surface area (Å²) in [5.41, 5.74) is 0.527. The minimum absolute atomic E-state index is 0.0434. The van der Waals surface area contributed by atoms with Crippen molar-refractivity contribution in [3.8, 4) is 11.8 Å². The second-order valence-electron chi connectivity index (χ2n) is 5.06. The fraction of sp³-hybridized carbons (Fsp3) is 0.438. The van der Waals surface area contributed by atoms with Crippen LogP contribution in [0.1, 0.15) is 26.2 Å². The van der Waals surface area contributed by atoms with E-state index in [1.165, 1.54) is 0 Å². The number of hydrogen-bond donors (Lipinski definition) is 1. The Morgan fingerprint density at radius 1 is 1.36 bits per heavy atom. The van der Waals surface area contributed by atoms with Crippen LogP contribution in [0.4, 0.5) is 5.69 Å². The van der Waals surface area contributed by atoms with Crippen LogP contribution in [0, 0.1) is 11.3 Å². The molecule has 2 rings (SSSR count). The third-order valence-electron chi connectivity index (χ3n) is 3.44. The Kier molecular flexibility index (Phi) is 5.50. The monoisotopic (exact) mass is 301 g/mol. The molecule has 1 aromatic carbocycles. The lowest BCUT2D eigenvalue weighted by Crippen LogP contribution is -2.38. The lowest BCUT2D eigenvalue weighted by Gasteiger charge is -2.15. The van der Waals surface area contributed by atoms with Gasteiger partial charge in [-0.25, -0.2) is 4.90 Å². The van der Waals surface area contributed by atoms with Crippen LogP contribution in [0.15, 0.2) is 24.3 Å². The number of benzene rings is 1. The van der Waals surface area contributed by atoms with E-state index in [4.69, 9.17) is 10.00 Å². The van der Waals surface area contributed by atoms with Crippen LogP contribution in [-0.2, 0) is 9.59 Å². The lowest BCUT2D eigenvalue weighted by molar-refractivity contribution is -0.121. The topological polar surface area (TPSA) is 82.4 Å². The number of carbonyl (C=O) groups is 2. The van der Waals surface area contributed by atoms with Crippen molar-refractivity contribution in [3.05, 3.63) is 24.3 Å². The van der Waals surface area contributed by atoms with Gasteiger partial charge in [0, 0.05) is 0 Å². The van der Waals surface area contributed by atoms with Gasteiger partial charge in [0.2, 0.25) is 5.91 Å². The van der Waals surface area contributed by atoms with Crippen LogP contribution >= 0.6 is 0 Å². The standard InChI is InChI=1S/C16H19N3O3/c1-2-3-10-22-13-6-4-12(5-7-13)19-15(20)11-14(16(19)21)18-9-8-17/h4-7,14,18H,2-3,9-11H2,1H3/t14-/m1/s1. The van der Waals surface area contributed by atoms with Gasteiger partial charge in [-0.1, -0.05) is 13.3 Å². The van der Waals surface area contributed by atoms with Crippen molar-refractivity contribution < 1.29 is 14.3 Å². The molecule has 1 aliphatic rings. The van der Waals surface area contributed by atoms with Crippen molar-refractivity contribution in [1.29, 1.82) is 5.26 Å². The number of ether oxygens (including phenoxy) is 1. The van der Waals surface area contributed by atoms with E-state index in [0.717, 1.165) is 23.5 Å². The summed E-state index contributed by atoms with van der Waals surface area (Å²) in [6, 6.07) is 8.19. The Morgan fingerprint density at radius 3 is 2.73 bits per heavy atom. The van der Waals surface area contributed by atoms with Gasteiger partial charge in [0.15, 0.2) is 0 Å². The first kappa shape index (κ1) is 16.0. The molecule has 1 aliphatic heterocycles. The summed E-state index contributed by atoms with van der Waals surface area (Å²) in [4.78, 5) is 25.4. The first-order chi connectivity index (χ1) is 10.7. The highest BCUT2D eigenvalue weighted by atomic mass is 16.5. The Morgan fingerprint density at radius 2 is 2.09 bits per heavy atom. The molecule has 0 bridgehead atoms. The first-order valence-corrected chi connectivity index (χ1v) is 7.37. The molecule has 0 aromatic heterocycles. The number of nitriles is 1. The summed E-state index contributed by atoms with van der Waals surface area (Å²) < 4.78 is 5.56. The molecule has 0 saturated carbocycles. The Bertz CT molecular complexity index is 577. The van der Waals surface area contributed by atoms with Crippen molar-refractivity contribution in [3.63, 3.8) is 0 Å². The molecular weight excluding hydrogens is 282 g/mol. The third-order valence-corrected chi connectivity index (χ3v) is 3.44. The highest BCUT2D eigenvalue weighted by Gasteiger charge is 2.39. The Balaban J connectivity index is 2.03. The van der Waals surface area contributed by atoms with E-state index in [1.807, 2.05) is 6.07 Å². The van der Waals surface area contributed by atoms with Gasteiger partial charge in [-0.05, 0) is 30.7 Å². The molecule has 0 spiro atoms. The van der Waals surface area contributed by atoms with Gasteiger partial charge in [-0.15, -0.1) is 0 Å². The minimum atomic E-state index is -0.618. The van der Waals surface area contributed by atoms with Gasteiger partial charge in [-0.3, -0.25) is 14.9 Å². The van der Waals surface area contributed by atoms with E-state index < -0.39 is 6.04 Å². The van der Waals surface area contributed by atoms with E-state index in [9.17, 15) is 9.59 Å². The molecule has 22 heavy (non-hydrogen) atoms. The summed E-state index contributed by atoms with van der Waals surface area (Å²) in [6.07, 6.45) is 2.12. The number of hydrogen-bond acceptors (Lipinski definition) is 5. The van der Waals surface area contributed by atoms with Gasteiger partial charge in [0.25, 0.3) is 5.91 Å². The Labute approximate surface area is 129 Å². The zero-order valence-electron chi connectivity index (χ0n) is 12.5. The quantitative estimate of drug-likeness (QED) is 0.470. The van der Waals surface area contributed by atoms with E-state index in [2.05, 4.69) is 12.2 Å². The second-order valence-corrected chi connectivity index (χ2v) is 5.06. The Hall–Kier alpha value is -2.39. The highest BCUT2D eigenvalue weighted by Crippen LogP contribution is 2.25. The predicted octanol–water partition coefficient (Wildman–Crippen LogP) is 1.61. The third kappa shape index (κ3) is 3.62. The number of amides is 2. The molecule has 6 heteroatoms.